The number of carboxylic acid groups (broad SMARTS) is 1. The standard InChI is InChI=1S/C12H16N2O5/c1-8(6-7-19-2)13-11-9(12(15)16)4-3-5-10(11)14(17)18/h3-5,8,13H,6-7H2,1-2H3,(H,15,16). The first kappa shape index (κ1) is 14.9. The quantitative estimate of drug-likeness (QED) is 0.580. The number of nitro groups is 1. The lowest BCUT2D eigenvalue weighted by molar-refractivity contribution is -0.384. The summed E-state index contributed by atoms with van der Waals surface area (Å²) in [5, 5.41) is 22.9. The van der Waals surface area contributed by atoms with Crippen LogP contribution in [-0.4, -0.2) is 35.8 Å². The molecule has 0 amide bonds. The summed E-state index contributed by atoms with van der Waals surface area (Å²) in [4.78, 5) is 21.4. The third kappa shape index (κ3) is 3.92. The molecule has 0 fully saturated rings. The summed E-state index contributed by atoms with van der Waals surface area (Å²) in [5.74, 6) is -1.20. The van der Waals surface area contributed by atoms with Gasteiger partial charge < -0.3 is 15.2 Å². The number of rotatable bonds is 7. The van der Waals surface area contributed by atoms with Crippen LogP contribution in [0.1, 0.15) is 23.7 Å². The van der Waals surface area contributed by atoms with Gasteiger partial charge in [0.2, 0.25) is 0 Å². The van der Waals surface area contributed by atoms with Crippen molar-refractivity contribution in [1.82, 2.24) is 0 Å². The molecular weight excluding hydrogens is 252 g/mol. The Hall–Kier alpha value is -2.15. The van der Waals surface area contributed by atoms with Crippen molar-refractivity contribution in [2.45, 2.75) is 19.4 Å². The predicted octanol–water partition coefficient (Wildman–Crippen LogP) is 2.13. The largest absolute Gasteiger partial charge is 0.478 e. The number of nitro benzene ring substituents is 1. The lowest BCUT2D eigenvalue weighted by atomic mass is 10.1. The zero-order chi connectivity index (χ0) is 14.4. The van der Waals surface area contributed by atoms with Crippen LogP contribution in [0.2, 0.25) is 0 Å². The van der Waals surface area contributed by atoms with Gasteiger partial charge in [-0.3, -0.25) is 10.1 Å². The fraction of sp³-hybridized carbons (Fsp3) is 0.417. The Morgan fingerprint density at radius 2 is 2.26 bits per heavy atom. The molecule has 0 heterocycles. The van der Waals surface area contributed by atoms with Gasteiger partial charge in [0.25, 0.3) is 5.69 Å². The summed E-state index contributed by atoms with van der Waals surface area (Å²) in [5.41, 5.74) is -0.328. The topological polar surface area (TPSA) is 102 Å². The van der Waals surface area contributed by atoms with Crippen LogP contribution in [0, 0.1) is 10.1 Å². The minimum Gasteiger partial charge on any atom is -0.478 e. The number of aromatic carboxylic acids is 1. The number of nitrogens with one attached hydrogen (secondary N) is 1. The monoisotopic (exact) mass is 268 g/mol. The van der Waals surface area contributed by atoms with Gasteiger partial charge in [0, 0.05) is 25.8 Å². The number of hydrogen-bond acceptors (Lipinski definition) is 5. The summed E-state index contributed by atoms with van der Waals surface area (Å²) >= 11 is 0. The van der Waals surface area contributed by atoms with E-state index in [2.05, 4.69) is 5.32 Å². The second-order valence-electron chi connectivity index (χ2n) is 4.09. The third-order valence-electron chi connectivity index (χ3n) is 2.62. The van der Waals surface area contributed by atoms with Gasteiger partial charge in [-0.25, -0.2) is 4.79 Å². The number of anilines is 1. The van der Waals surface area contributed by atoms with Gasteiger partial charge >= 0.3 is 5.97 Å². The second kappa shape index (κ2) is 6.69. The minimum absolute atomic E-state index is 0.0311. The van der Waals surface area contributed by atoms with Crippen LogP contribution in [0.15, 0.2) is 18.2 Å². The number of ether oxygens (including phenoxy) is 1. The SMILES string of the molecule is COCCC(C)Nc1c(C(=O)O)cccc1[N+](=O)[O-]. The van der Waals surface area contributed by atoms with Gasteiger partial charge in [-0.1, -0.05) is 6.07 Å². The zero-order valence-corrected chi connectivity index (χ0v) is 10.8. The number of carbonyl (C=O) groups is 1. The lowest BCUT2D eigenvalue weighted by Gasteiger charge is -2.16. The molecule has 1 aromatic rings. The van der Waals surface area contributed by atoms with E-state index in [1.807, 2.05) is 0 Å². The van der Waals surface area contributed by atoms with E-state index in [9.17, 15) is 14.9 Å². The molecule has 0 radical (unpaired) electrons. The number of carboxylic acids is 1. The first-order valence-corrected chi connectivity index (χ1v) is 5.73. The zero-order valence-electron chi connectivity index (χ0n) is 10.8. The summed E-state index contributed by atoms with van der Waals surface area (Å²) in [6, 6.07) is 3.82. The van der Waals surface area contributed by atoms with E-state index in [1.165, 1.54) is 18.2 Å². The average molecular weight is 268 g/mol. The Kier molecular flexibility index (Phi) is 5.25. The van der Waals surface area contributed by atoms with Crippen molar-refractivity contribution in [2.75, 3.05) is 19.0 Å². The number of hydrogen-bond donors (Lipinski definition) is 2. The predicted molar refractivity (Wildman–Crippen MR) is 69.6 cm³/mol. The molecule has 2 N–H and O–H groups in total. The maximum atomic E-state index is 11.1. The van der Waals surface area contributed by atoms with Gasteiger partial charge in [0.1, 0.15) is 5.69 Å². The van der Waals surface area contributed by atoms with Crippen LogP contribution in [-0.2, 0) is 4.74 Å². The van der Waals surface area contributed by atoms with Gasteiger partial charge in [-0.05, 0) is 19.4 Å². The van der Waals surface area contributed by atoms with Crippen LogP contribution in [0.25, 0.3) is 0 Å². The van der Waals surface area contributed by atoms with Gasteiger partial charge in [0.15, 0.2) is 0 Å². The van der Waals surface area contributed by atoms with Crippen LogP contribution in [0.5, 0.6) is 0 Å². The van der Waals surface area contributed by atoms with E-state index in [1.54, 1.807) is 14.0 Å². The highest BCUT2D eigenvalue weighted by molar-refractivity contribution is 5.96. The molecule has 0 aromatic heterocycles. The summed E-state index contributed by atoms with van der Waals surface area (Å²) in [6.45, 7) is 2.29. The number of nitrogens with zero attached hydrogens (tertiary/aromatic N) is 1. The smallest absolute Gasteiger partial charge is 0.338 e. The molecule has 0 bridgehead atoms. The molecule has 1 unspecified atom stereocenters. The molecule has 104 valence electrons. The first-order chi connectivity index (χ1) is 8.97. The molecule has 0 saturated carbocycles. The van der Waals surface area contributed by atoms with Crippen LogP contribution in [0.4, 0.5) is 11.4 Å². The van der Waals surface area contributed by atoms with Gasteiger partial charge in [-0.15, -0.1) is 0 Å². The lowest BCUT2D eigenvalue weighted by Crippen LogP contribution is -2.20. The molecule has 0 saturated heterocycles. The van der Waals surface area contributed by atoms with E-state index < -0.39 is 10.9 Å². The number of methoxy groups -OCH3 is 1. The fourth-order valence-electron chi connectivity index (χ4n) is 1.64. The fourth-order valence-corrected chi connectivity index (χ4v) is 1.64. The molecule has 7 nitrogen and oxygen atoms in total. The molecule has 0 aliphatic carbocycles. The highest BCUT2D eigenvalue weighted by Gasteiger charge is 2.22. The molecule has 0 aliphatic rings. The summed E-state index contributed by atoms with van der Waals surface area (Å²) in [7, 11) is 1.56. The molecule has 0 aliphatic heterocycles. The van der Waals surface area contributed by atoms with Crippen molar-refractivity contribution >= 4 is 17.3 Å². The molecule has 7 heteroatoms. The van der Waals surface area contributed by atoms with Crippen molar-refractivity contribution in [2.24, 2.45) is 0 Å². The Balaban J connectivity index is 3.07. The van der Waals surface area contributed by atoms with Gasteiger partial charge in [-0.2, -0.15) is 0 Å². The highest BCUT2D eigenvalue weighted by Crippen LogP contribution is 2.29. The number of benzene rings is 1. The molecule has 1 aromatic carbocycles. The van der Waals surface area contributed by atoms with E-state index in [4.69, 9.17) is 9.84 Å². The Morgan fingerprint density at radius 1 is 1.58 bits per heavy atom. The van der Waals surface area contributed by atoms with E-state index in [-0.39, 0.29) is 23.0 Å². The van der Waals surface area contributed by atoms with E-state index in [0.29, 0.717) is 13.0 Å². The van der Waals surface area contributed by atoms with Crippen molar-refractivity contribution in [3.63, 3.8) is 0 Å². The van der Waals surface area contributed by atoms with Crippen LogP contribution >= 0.6 is 0 Å². The van der Waals surface area contributed by atoms with Crippen molar-refractivity contribution in [3.05, 3.63) is 33.9 Å². The van der Waals surface area contributed by atoms with E-state index in [0.717, 1.165) is 0 Å². The summed E-state index contributed by atoms with van der Waals surface area (Å²) < 4.78 is 4.92. The Labute approximate surface area is 110 Å². The molecule has 0 spiro atoms. The molecular formula is C12H16N2O5. The first-order valence-electron chi connectivity index (χ1n) is 5.73. The van der Waals surface area contributed by atoms with Gasteiger partial charge in [0.05, 0.1) is 10.5 Å². The normalized spacial score (nSPS) is 11.9. The van der Waals surface area contributed by atoms with E-state index >= 15 is 0 Å². The Bertz CT molecular complexity index is 443. The maximum Gasteiger partial charge on any atom is 0.338 e. The average Bonchev–Trinajstić information content (AvgIpc) is 2.35. The molecule has 19 heavy (non-hydrogen) atoms. The van der Waals surface area contributed by atoms with Crippen LogP contribution < -0.4 is 5.32 Å². The van der Waals surface area contributed by atoms with Crippen molar-refractivity contribution < 1.29 is 19.6 Å². The minimum atomic E-state index is -1.20. The third-order valence-corrected chi connectivity index (χ3v) is 2.62. The van der Waals surface area contributed by atoms with Crippen LogP contribution in [0.3, 0.4) is 0 Å². The molecule has 1 rings (SSSR count). The number of para-hydroxylation sites is 1. The highest BCUT2D eigenvalue weighted by atomic mass is 16.6. The Morgan fingerprint density at radius 3 is 2.79 bits per heavy atom. The second-order valence-corrected chi connectivity index (χ2v) is 4.09. The molecule has 1 atom stereocenters. The maximum absolute atomic E-state index is 11.1. The summed E-state index contributed by atoms with van der Waals surface area (Å²) in [6.07, 6.45) is 0.613. The van der Waals surface area contributed by atoms with Crippen molar-refractivity contribution in [3.8, 4) is 0 Å². The van der Waals surface area contributed by atoms with Crippen molar-refractivity contribution in [1.29, 1.82) is 0 Å².